The highest BCUT2D eigenvalue weighted by Crippen LogP contribution is 2.23. The van der Waals surface area contributed by atoms with Crippen molar-refractivity contribution < 1.29 is 4.74 Å². The van der Waals surface area contributed by atoms with Gasteiger partial charge in [0, 0.05) is 38.8 Å². The minimum atomic E-state index is 0.481. The van der Waals surface area contributed by atoms with Gasteiger partial charge in [-0.1, -0.05) is 30.3 Å². The third-order valence-electron chi connectivity index (χ3n) is 4.71. The van der Waals surface area contributed by atoms with Crippen LogP contribution in [-0.2, 0) is 11.3 Å². The summed E-state index contributed by atoms with van der Waals surface area (Å²) in [5.74, 6) is 0. The summed E-state index contributed by atoms with van der Waals surface area (Å²) in [7, 11) is 1.84. The maximum atomic E-state index is 5.46. The van der Waals surface area contributed by atoms with Crippen molar-refractivity contribution in [2.75, 3.05) is 20.2 Å². The first-order chi connectivity index (χ1) is 9.83. The van der Waals surface area contributed by atoms with Crippen LogP contribution >= 0.6 is 0 Å². The van der Waals surface area contributed by atoms with Crippen LogP contribution in [0.1, 0.15) is 31.2 Å². The molecule has 1 aromatic carbocycles. The summed E-state index contributed by atoms with van der Waals surface area (Å²) in [6.07, 6.45) is 5.43. The van der Waals surface area contributed by atoms with Gasteiger partial charge in [0.05, 0.1) is 6.10 Å². The van der Waals surface area contributed by atoms with Gasteiger partial charge in [-0.25, -0.2) is 0 Å². The Morgan fingerprint density at radius 1 is 1.15 bits per heavy atom. The molecular weight excluding hydrogens is 248 g/mol. The van der Waals surface area contributed by atoms with E-state index in [9.17, 15) is 0 Å². The zero-order valence-electron chi connectivity index (χ0n) is 12.4. The molecule has 3 heteroatoms. The van der Waals surface area contributed by atoms with Crippen LogP contribution in [0, 0.1) is 0 Å². The van der Waals surface area contributed by atoms with Crippen LogP contribution in [0.15, 0.2) is 30.3 Å². The van der Waals surface area contributed by atoms with Crippen LogP contribution in [0.5, 0.6) is 0 Å². The molecule has 1 aliphatic carbocycles. The van der Waals surface area contributed by atoms with Gasteiger partial charge in [-0.2, -0.15) is 0 Å². The van der Waals surface area contributed by atoms with Gasteiger partial charge >= 0.3 is 0 Å². The third-order valence-corrected chi connectivity index (χ3v) is 4.71. The molecule has 3 unspecified atom stereocenters. The van der Waals surface area contributed by atoms with E-state index in [1.165, 1.54) is 44.3 Å². The minimum absolute atomic E-state index is 0.481. The summed E-state index contributed by atoms with van der Waals surface area (Å²) < 4.78 is 5.46. The molecular formula is C17H26N2O. The van der Waals surface area contributed by atoms with Crippen molar-refractivity contribution in [2.45, 2.75) is 50.4 Å². The Morgan fingerprint density at radius 3 is 2.75 bits per heavy atom. The summed E-state index contributed by atoms with van der Waals surface area (Å²) in [5, 5.41) is 3.84. The molecule has 0 radical (unpaired) electrons. The summed E-state index contributed by atoms with van der Waals surface area (Å²) in [6, 6.07) is 12.1. The highest BCUT2D eigenvalue weighted by atomic mass is 16.5. The van der Waals surface area contributed by atoms with E-state index in [4.69, 9.17) is 4.74 Å². The number of nitrogens with one attached hydrogen (secondary N) is 1. The highest BCUT2D eigenvalue weighted by molar-refractivity contribution is 5.14. The van der Waals surface area contributed by atoms with Crippen molar-refractivity contribution in [3.63, 3.8) is 0 Å². The van der Waals surface area contributed by atoms with Gasteiger partial charge in [-0.05, 0) is 31.2 Å². The van der Waals surface area contributed by atoms with Crippen LogP contribution in [0.2, 0.25) is 0 Å². The molecule has 110 valence electrons. The number of rotatable bonds is 5. The number of hydrogen-bond donors (Lipinski definition) is 1. The number of hydrogen-bond acceptors (Lipinski definition) is 3. The lowest BCUT2D eigenvalue weighted by molar-refractivity contribution is 0.106. The Morgan fingerprint density at radius 2 is 2.00 bits per heavy atom. The van der Waals surface area contributed by atoms with Crippen LogP contribution in [0.25, 0.3) is 0 Å². The predicted molar refractivity (Wildman–Crippen MR) is 81.7 cm³/mol. The Balaban J connectivity index is 1.43. The quantitative estimate of drug-likeness (QED) is 0.892. The van der Waals surface area contributed by atoms with E-state index in [0.717, 1.165) is 6.54 Å². The minimum Gasteiger partial charge on any atom is -0.381 e. The van der Waals surface area contributed by atoms with E-state index in [0.29, 0.717) is 18.2 Å². The van der Waals surface area contributed by atoms with E-state index in [1.54, 1.807) is 0 Å². The maximum absolute atomic E-state index is 5.46. The molecule has 3 rings (SSSR count). The topological polar surface area (TPSA) is 24.5 Å². The lowest BCUT2D eigenvalue weighted by Crippen LogP contribution is -2.39. The molecule has 1 aromatic rings. The van der Waals surface area contributed by atoms with Gasteiger partial charge in [-0.15, -0.1) is 0 Å². The summed E-state index contributed by atoms with van der Waals surface area (Å²) >= 11 is 0. The van der Waals surface area contributed by atoms with Gasteiger partial charge < -0.3 is 10.1 Å². The molecule has 0 spiro atoms. The van der Waals surface area contributed by atoms with Crippen LogP contribution in [0.3, 0.4) is 0 Å². The van der Waals surface area contributed by atoms with Crippen LogP contribution in [0.4, 0.5) is 0 Å². The van der Waals surface area contributed by atoms with E-state index < -0.39 is 0 Å². The average Bonchev–Trinajstić information content (AvgIpc) is 3.10. The molecule has 1 N–H and O–H groups in total. The van der Waals surface area contributed by atoms with Crippen molar-refractivity contribution in [1.29, 1.82) is 0 Å². The van der Waals surface area contributed by atoms with E-state index >= 15 is 0 Å². The van der Waals surface area contributed by atoms with Gasteiger partial charge in [-0.3, -0.25) is 4.90 Å². The van der Waals surface area contributed by atoms with E-state index in [-0.39, 0.29) is 0 Å². The SMILES string of the molecule is COC1CCC(NC2CCN(Cc3ccccc3)C2)C1. The third kappa shape index (κ3) is 3.60. The Labute approximate surface area is 122 Å². The molecule has 3 nitrogen and oxygen atoms in total. The molecule has 1 saturated heterocycles. The summed E-state index contributed by atoms with van der Waals surface area (Å²) in [6.45, 7) is 3.49. The highest BCUT2D eigenvalue weighted by Gasteiger charge is 2.29. The second kappa shape index (κ2) is 6.70. The fourth-order valence-corrected chi connectivity index (χ4v) is 3.59. The monoisotopic (exact) mass is 274 g/mol. The van der Waals surface area contributed by atoms with Crippen molar-refractivity contribution >= 4 is 0 Å². The number of methoxy groups -OCH3 is 1. The zero-order valence-corrected chi connectivity index (χ0v) is 12.4. The fraction of sp³-hybridized carbons (Fsp3) is 0.647. The largest absolute Gasteiger partial charge is 0.381 e. The second-order valence-electron chi connectivity index (χ2n) is 6.24. The maximum Gasteiger partial charge on any atom is 0.0586 e. The van der Waals surface area contributed by atoms with Crippen LogP contribution in [-0.4, -0.2) is 43.3 Å². The van der Waals surface area contributed by atoms with Gasteiger partial charge in [0.25, 0.3) is 0 Å². The zero-order chi connectivity index (χ0) is 13.8. The lowest BCUT2D eigenvalue weighted by atomic mass is 10.2. The van der Waals surface area contributed by atoms with Crippen molar-refractivity contribution in [3.05, 3.63) is 35.9 Å². The number of benzene rings is 1. The normalized spacial score (nSPS) is 30.9. The number of nitrogens with zero attached hydrogens (tertiary/aromatic N) is 1. The molecule has 2 aliphatic rings. The molecule has 20 heavy (non-hydrogen) atoms. The first kappa shape index (κ1) is 14.1. The average molecular weight is 274 g/mol. The summed E-state index contributed by atoms with van der Waals surface area (Å²) in [5.41, 5.74) is 1.42. The molecule has 3 atom stereocenters. The molecule has 1 aliphatic heterocycles. The lowest BCUT2D eigenvalue weighted by Gasteiger charge is -2.20. The molecule has 1 heterocycles. The molecule has 0 bridgehead atoms. The molecule has 1 saturated carbocycles. The van der Waals surface area contributed by atoms with Crippen molar-refractivity contribution in [2.24, 2.45) is 0 Å². The number of ether oxygens (including phenoxy) is 1. The Bertz CT molecular complexity index is 409. The molecule has 0 aromatic heterocycles. The van der Waals surface area contributed by atoms with Gasteiger partial charge in [0.1, 0.15) is 0 Å². The van der Waals surface area contributed by atoms with Crippen molar-refractivity contribution in [1.82, 2.24) is 10.2 Å². The van der Waals surface area contributed by atoms with Gasteiger partial charge in [0.2, 0.25) is 0 Å². The fourth-order valence-electron chi connectivity index (χ4n) is 3.59. The van der Waals surface area contributed by atoms with Crippen LogP contribution < -0.4 is 5.32 Å². The molecule has 2 fully saturated rings. The first-order valence-electron chi connectivity index (χ1n) is 7.88. The van der Waals surface area contributed by atoms with Crippen molar-refractivity contribution in [3.8, 4) is 0 Å². The first-order valence-corrected chi connectivity index (χ1v) is 7.88. The number of likely N-dealkylation sites (tertiary alicyclic amines) is 1. The summed E-state index contributed by atoms with van der Waals surface area (Å²) in [4.78, 5) is 2.57. The second-order valence-corrected chi connectivity index (χ2v) is 6.24. The smallest absolute Gasteiger partial charge is 0.0586 e. The Hall–Kier alpha value is -0.900. The van der Waals surface area contributed by atoms with E-state index in [2.05, 4.69) is 40.5 Å². The standard InChI is InChI=1S/C17H26N2O/c1-20-17-8-7-15(11-17)18-16-9-10-19(13-16)12-14-5-3-2-4-6-14/h2-6,15-18H,7-13H2,1H3. The molecule has 0 amide bonds. The van der Waals surface area contributed by atoms with E-state index in [1.807, 2.05) is 7.11 Å². The van der Waals surface area contributed by atoms with Gasteiger partial charge in [0.15, 0.2) is 0 Å². The predicted octanol–water partition coefficient (Wildman–Crippen LogP) is 2.42. The Kier molecular flexibility index (Phi) is 4.71.